The molecule has 0 aromatic rings. The topological polar surface area (TPSA) is 29.1 Å². The number of alkyl halides is 1. The van der Waals surface area contributed by atoms with Crippen LogP contribution in [0.5, 0.6) is 0 Å². The minimum absolute atomic E-state index is 0.274. The number of rotatable bonds is 11. The Balaban J connectivity index is 1.87. The Labute approximate surface area is 140 Å². The van der Waals surface area contributed by atoms with Gasteiger partial charge in [-0.3, -0.25) is 4.79 Å². The van der Waals surface area contributed by atoms with Crippen LogP contribution in [0.3, 0.4) is 0 Å². The monoisotopic (exact) mass is 359 g/mol. The lowest BCUT2D eigenvalue weighted by atomic mass is 9.95. The van der Waals surface area contributed by atoms with Crippen LogP contribution in [0.25, 0.3) is 0 Å². The summed E-state index contributed by atoms with van der Waals surface area (Å²) in [4.78, 5) is 12.5. The predicted molar refractivity (Wildman–Crippen MR) is 95.0 cm³/mol. The van der Waals surface area contributed by atoms with Crippen LogP contribution in [0.15, 0.2) is 0 Å². The second-order valence-corrected chi connectivity index (χ2v) is 7.89. The van der Waals surface area contributed by atoms with Crippen LogP contribution in [-0.2, 0) is 4.79 Å². The van der Waals surface area contributed by atoms with Crippen LogP contribution in [0.2, 0.25) is 0 Å². The standard InChI is InChI=1S/C18H34BrNO/c1-2-3-4-5-6-7-8-9-10-11-18(21)20-17-14-12-16(19)13-15-17/h16-17H,2-15H2,1H3,(H,20,21). The average molecular weight is 360 g/mol. The van der Waals surface area contributed by atoms with Crippen molar-refractivity contribution in [3.63, 3.8) is 0 Å². The molecule has 0 heterocycles. The molecular weight excluding hydrogens is 326 g/mol. The van der Waals surface area contributed by atoms with Gasteiger partial charge in [0.05, 0.1) is 0 Å². The Morgan fingerprint density at radius 1 is 0.905 bits per heavy atom. The first-order valence-corrected chi connectivity index (χ1v) is 10.1. The molecule has 1 amide bonds. The fraction of sp³-hybridized carbons (Fsp3) is 0.944. The molecule has 21 heavy (non-hydrogen) atoms. The average Bonchev–Trinajstić information content (AvgIpc) is 2.48. The fourth-order valence-electron chi connectivity index (χ4n) is 3.09. The summed E-state index contributed by atoms with van der Waals surface area (Å²) in [6, 6.07) is 0.435. The maximum Gasteiger partial charge on any atom is 0.220 e. The van der Waals surface area contributed by atoms with Crippen molar-refractivity contribution in [2.24, 2.45) is 0 Å². The van der Waals surface area contributed by atoms with Gasteiger partial charge in [-0.1, -0.05) is 74.2 Å². The van der Waals surface area contributed by atoms with E-state index in [1.54, 1.807) is 0 Å². The zero-order chi connectivity index (χ0) is 15.3. The Kier molecular flexibility index (Phi) is 11.3. The van der Waals surface area contributed by atoms with Crippen molar-refractivity contribution in [3.05, 3.63) is 0 Å². The number of unbranched alkanes of at least 4 members (excludes halogenated alkanes) is 8. The first kappa shape index (κ1) is 19.0. The molecular formula is C18H34BrNO. The van der Waals surface area contributed by atoms with Crippen molar-refractivity contribution >= 4 is 21.8 Å². The van der Waals surface area contributed by atoms with Crippen molar-refractivity contribution in [1.29, 1.82) is 0 Å². The molecule has 124 valence electrons. The van der Waals surface area contributed by atoms with Crippen molar-refractivity contribution in [3.8, 4) is 0 Å². The largest absolute Gasteiger partial charge is 0.353 e. The number of carbonyl (C=O) groups excluding carboxylic acids is 1. The SMILES string of the molecule is CCCCCCCCCCCC(=O)NC1CCC(Br)CC1. The molecule has 0 saturated heterocycles. The van der Waals surface area contributed by atoms with E-state index >= 15 is 0 Å². The molecule has 0 unspecified atom stereocenters. The molecule has 0 spiro atoms. The van der Waals surface area contributed by atoms with E-state index < -0.39 is 0 Å². The number of nitrogens with one attached hydrogen (secondary N) is 1. The summed E-state index contributed by atoms with van der Waals surface area (Å²) in [5.41, 5.74) is 0. The normalized spacial score (nSPS) is 22.2. The zero-order valence-corrected chi connectivity index (χ0v) is 15.4. The molecule has 0 aromatic heterocycles. The minimum atomic E-state index is 0.274. The molecule has 0 bridgehead atoms. The molecule has 0 aromatic carbocycles. The molecule has 2 nitrogen and oxygen atoms in total. The molecule has 1 aliphatic carbocycles. The summed E-state index contributed by atoms with van der Waals surface area (Å²) in [5, 5.41) is 3.20. The molecule has 3 heteroatoms. The van der Waals surface area contributed by atoms with E-state index in [-0.39, 0.29) is 5.91 Å². The van der Waals surface area contributed by atoms with Gasteiger partial charge in [-0.05, 0) is 32.1 Å². The second kappa shape index (κ2) is 12.5. The van der Waals surface area contributed by atoms with Crippen LogP contribution in [0.4, 0.5) is 0 Å². The lowest BCUT2D eigenvalue weighted by Crippen LogP contribution is -2.37. The number of carbonyl (C=O) groups is 1. The van der Waals surface area contributed by atoms with E-state index in [0.29, 0.717) is 10.9 Å². The summed E-state index contributed by atoms with van der Waals surface area (Å²) in [6.07, 6.45) is 17.2. The number of hydrogen-bond acceptors (Lipinski definition) is 1. The number of halogens is 1. The van der Waals surface area contributed by atoms with Gasteiger partial charge in [-0.15, -0.1) is 0 Å². The van der Waals surface area contributed by atoms with E-state index in [0.717, 1.165) is 25.7 Å². The third-order valence-electron chi connectivity index (χ3n) is 4.53. The zero-order valence-electron chi connectivity index (χ0n) is 13.8. The molecule has 1 saturated carbocycles. The van der Waals surface area contributed by atoms with Gasteiger partial charge >= 0.3 is 0 Å². The van der Waals surface area contributed by atoms with Crippen molar-refractivity contribution in [1.82, 2.24) is 5.32 Å². The third kappa shape index (κ3) is 10.3. The van der Waals surface area contributed by atoms with Gasteiger partial charge in [0.25, 0.3) is 0 Å². The van der Waals surface area contributed by atoms with Gasteiger partial charge in [-0.25, -0.2) is 0 Å². The van der Waals surface area contributed by atoms with E-state index in [1.807, 2.05) is 0 Å². The first-order chi connectivity index (χ1) is 10.2. The molecule has 1 aliphatic rings. The Hall–Kier alpha value is -0.0500. The van der Waals surface area contributed by atoms with Gasteiger partial charge in [-0.2, -0.15) is 0 Å². The molecule has 1 rings (SSSR count). The van der Waals surface area contributed by atoms with Gasteiger partial charge in [0, 0.05) is 17.3 Å². The first-order valence-electron chi connectivity index (χ1n) is 9.15. The molecule has 1 N–H and O–H groups in total. The van der Waals surface area contributed by atoms with E-state index in [2.05, 4.69) is 28.2 Å². The number of hydrogen-bond donors (Lipinski definition) is 1. The van der Waals surface area contributed by atoms with Gasteiger partial charge in [0.2, 0.25) is 5.91 Å². The Morgan fingerprint density at radius 2 is 1.43 bits per heavy atom. The highest BCUT2D eigenvalue weighted by molar-refractivity contribution is 9.09. The van der Waals surface area contributed by atoms with Crippen LogP contribution in [0.1, 0.15) is 96.8 Å². The highest BCUT2D eigenvalue weighted by Crippen LogP contribution is 2.24. The van der Waals surface area contributed by atoms with E-state index in [9.17, 15) is 4.79 Å². The summed E-state index contributed by atoms with van der Waals surface area (Å²) in [6.45, 7) is 2.26. The van der Waals surface area contributed by atoms with Gasteiger partial charge in [0.15, 0.2) is 0 Å². The van der Waals surface area contributed by atoms with Crippen molar-refractivity contribution in [2.75, 3.05) is 0 Å². The lowest BCUT2D eigenvalue weighted by Gasteiger charge is -2.26. The molecule has 0 aliphatic heterocycles. The van der Waals surface area contributed by atoms with Crippen LogP contribution < -0.4 is 5.32 Å². The highest BCUT2D eigenvalue weighted by atomic mass is 79.9. The smallest absolute Gasteiger partial charge is 0.220 e. The Bertz CT molecular complexity index is 262. The van der Waals surface area contributed by atoms with Crippen LogP contribution in [0, 0.1) is 0 Å². The molecule has 0 atom stereocenters. The predicted octanol–water partition coefficient (Wildman–Crippen LogP) is 5.73. The second-order valence-electron chi connectivity index (χ2n) is 6.59. The van der Waals surface area contributed by atoms with Crippen molar-refractivity contribution in [2.45, 2.75) is 108 Å². The quantitative estimate of drug-likeness (QED) is 0.370. The van der Waals surface area contributed by atoms with Gasteiger partial charge in [0.1, 0.15) is 0 Å². The van der Waals surface area contributed by atoms with Gasteiger partial charge < -0.3 is 5.32 Å². The summed E-state index contributed by atoms with van der Waals surface area (Å²) in [5.74, 6) is 0.274. The molecule has 1 fully saturated rings. The maximum absolute atomic E-state index is 11.9. The lowest BCUT2D eigenvalue weighted by molar-refractivity contribution is -0.122. The highest BCUT2D eigenvalue weighted by Gasteiger charge is 2.20. The number of amides is 1. The molecule has 0 radical (unpaired) electrons. The maximum atomic E-state index is 11.9. The fourth-order valence-corrected chi connectivity index (χ4v) is 3.62. The minimum Gasteiger partial charge on any atom is -0.353 e. The van der Waals surface area contributed by atoms with Crippen molar-refractivity contribution < 1.29 is 4.79 Å². The summed E-state index contributed by atoms with van der Waals surface area (Å²) in [7, 11) is 0. The van der Waals surface area contributed by atoms with E-state index in [1.165, 1.54) is 64.2 Å². The van der Waals surface area contributed by atoms with E-state index in [4.69, 9.17) is 0 Å². The third-order valence-corrected chi connectivity index (χ3v) is 5.44. The summed E-state index contributed by atoms with van der Waals surface area (Å²) >= 11 is 3.65. The summed E-state index contributed by atoms with van der Waals surface area (Å²) < 4.78 is 0. The van der Waals surface area contributed by atoms with Crippen LogP contribution in [-0.4, -0.2) is 16.8 Å². The Morgan fingerprint density at radius 3 is 2.00 bits per heavy atom. The van der Waals surface area contributed by atoms with Crippen LogP contribution >= 0.6 is 15.9 Å².